The smallest absolute Gasteiger partial charge is 0.123 e. The number of nitrogens with two attached hydrogens (primary N) is 1. The van der Waals surface area contributed by atoms with E-state index in [1.807, 2.05) is 0 Å². The van der Waals surface area contributed by atoms with E-state index in [0.29, 0.717) is 13.7 Å². The minimum absolute atomic E-state index is 0.216. The Morgan fingerprint density at radius 1 is 1.18 bits per heavy atom. The first-order valence-electron chi connectivity index (χ1n) is 3.15. The fraction of sp³-hybridized carbons (Fsp3) is 0.250. The maximum absolute atomic E-state index is 12.2. The van der Waals surface area contributed by atoms with Crippen LogP contribution in [-0.2, 0) is 6.54 Å². The molecule has 0 saturated carbocycles. The van der Waals surface area contributed by atoms with Crippen molar-refractivity contribution in [1.82, 2.24) is 0 Å². The summed E-state index contributed by atoms with van der Waals surface area (Å²) in [4.78, 5) is 0. The molecule has 0 heterocycles. The maximum Gasteiger partial charge on any atom is 0.123 e. The van der Waals surface area contributed by atoms with Gasteiger partial charge in [0.1, 0.15) is 5.82 Å². The Labute approximate surface area is 64.8 Å². The Bertz CT molecular complexity index is 184. The molecule has 2 N–H and O–H groups in total. The summed E-state index contributed by atoms with van der Waals surface area (Å²) in [5.74, 6) is -0.216. The summed E-state index contributed by atoms with van der Waals surface area (Å²) >= 11 is 0. The van der Waals surface area contributed by atoms with Crippen LogP contribution in [0.3, 0.4) is 0 Å². The first-order chi connectivity index (χ1) is 5.33. The SMILES string of the molecule is CF.NCc1ccc(F)cc1. The van der Waals surface area contributed by atoms with E-state index in [0.717, 1.165) is 5.56 Å². The van der Waals surface area contributed by atoms with Crippen molar-refractivity contribution < 1.29 is 8.78 Å². The zero-order valence-corrected chi connectivity index (χ0v) is 6.35. The van der Waals surface area contributed by atoms with Gasteiger partial charge in [0.15, 0.2) is 0 Å². The normalized spacial score (nSPS) is 8.36. The molecule has 0 unspecified atom stereocenters. The lowest BCUT2D eigenvalue weighted by molar-refractivity contribution is 0.627. The second-order valence-corrected chi connectivity index (χ2v) is 1.83. The van der Waals surface area contributed by atoms with Gasteiger partial charge in [0.05, 0.1) is 7.18 Å². The molecule has 0 atom stereocenters. The summed E-state index contributed by atoms with van der Waals surface area (Å²) in [5.41, 5.74) is 6.23. The molecule has 0 aliphatic heterocycles. The molecular weight excluding hydrogens is 148 g/mol. The van der Waals surface area contributed by atoms with Crippen LogP contribution in [0.5, 0.6) is 0 Å². The van der Waals surface area contributed by atoms with Gasteiger partial charge in [-0.3, -0.25) is 4.39 Å². The van der Waals surface area contributed by atoms with Crippen LogP contribution in [0.1, 0.15) is 5.56 Å². The molecule has 0 amide bonds. The van der Waals surface area contributed by atoms with E-state index in [1.54, 1.807) is 12.1 Å². The molecule has 0 saturated heterocycles. The van der Waals surface area contributed by atoms with Gasteiger partial charge in [-0.25, -0.2) is 4.39 Å². The van der Waals surface area contributed by atoms with Gasteiger partial charge in [-0.2, -0.15) is 0 Å². The fourth-order valence-electron chi connectivity index (χ4n) is 0.620. The number of hydrogen-bond donors (Lipinski definition) is 1. The molecule has 0 radical (unpaired) electrons. The van der Waals surface area contributed by atoms with E-state index in [2.05, 4.69) is 0 Å². The van der Waals surface area contributed by atoms with Gasteiger partial charge < -0.3 is 5.73 Å². The summed E-state index contributed by atoms with van der Waals surface area (Å²) < 4.78 is 21.7. The third-order valence-corrected chi connectivity index (χ3v) is 1.15. The van der Waals surface area contributed by atoms with Crippen LogP contribution in [0, 0.1) is 5.82 Å². The average Bonchev–Trinajstić information content (AvgIpc) is 2.10. The molecule has 1 aromatic carbocycles. The molecule has 0 spiro atoms. The summed E-state index contributed by atoms with van der Waals surface area (Å²) in [7, 11) is 0.500. The minimum Gasteiger partial charge on any atom is -0.326 e. The van der Waals surface area contributed by atoms with Gasteiger partial charge in [0, 0.05) is 6.54 Å². The molecule has 11 heavy (non-hydrogen) atoms. The molecule has 3 heteroatoms. The summed E-state index contributed by atoms with van der Waals surface area (Å²) in [6.45, 7) is 0.472. The van der Waals surface area contributed by atoms with E-state index in [-0.39, 0.29) is 5.82 Å². The Morgan fingerprint density at radius 2 is 1.64 bits per heavy atom. The van der Waals surface area contributed by atoms with Gasteiger partial charge in [-0.15, -0.1) is 0 Å². The molecule has 0 aromatic heterocycles. The molecule has 0 aliphatic carbocycles. The first-order valence-corrected chi connectivity index (χ1v) is 3.15. The van der Waals surface area contributed by atoms with Crippen LogP contribution in [0.2, 0.25) is 0 Å². The van der Waals surface area contributed by atoms with Gasteiger partial charge in [0.2, 0.25) is 0 Å². The van der Waals surface area contributed by atoms with Crippen LogP contribution in [0.25, 0.3) is 0 Å². The largest absolute Gasteiger partial charge is 0.326 e. The molecular formula is C8H11F2N. The Kier molecular flexibility index (Phi) is 5.29. The van der Waals surface area contributed by atoms with Crippen LogP contribution in [-0.4, -0.2) is 7.18 Å². The van der Waals surface area contributed by atoms with E-state index in [4.69, 9.17) is 5.73 Å². The lowest BCUT2D eigenvalue weighted by atomic mass is 10.2. The monoisotopic (exact) mass is 159 g/mol. The van der Waals surface area contributed by atoms with Crippen LogP contribution < -0.4 is 5.73 Å². The Balaban J connectivity index is 0.000000461. The minimum atomic E-state index is -0.216. The van der Waals surface area contributed by atoms with Crippen molar-refractivity contribution >= 4 is 0 Å². The summed E-state index contributed by atoms with van der Waals surface area (Å²) in [6, 6.07) is 6.16. The highest BCUT2D eigenvalue weighted by Crippen LogP contribution is 2.00. The zero-order chi connectivity index (χ0) is 8.69. The maximum atomic E-state index is 12.2. The molecule has 1 aromatic rings. The first kappa shape index (κ1) is 10.0. The van der Waals surface area contributed by atoms with Crippen LogP contribution >= 0.6 is 0 Å². The molecule has 1 rings (SSSR count). The highest BCUT2D eigenvalue weighted by molar-refractivity contribution is 5.15. The molecule has 62 valence electrons. The lowest BCUT2D eigenvalue weighted by Crippen LogP contribution is -1.94. The van der Waals surface area contributed by atoms with Crippen molar-refractivity contribution in [2.45, 2.75) is 6.54 Å². The van der Waals surface area contributed by atoms with Gasteiger partial charge >= 0.3 is 0 Å². The third-order valence-electron chi connectivity index (χ3n) is 1.15. The van der Waals surface area contributed by atoms with Crippen LogP contribution in [0.4, 0.5) is 8.78 Å². The Morgan fingerprint density at radius 3 is 2.00 bits per heavy atom. The predicted octanol–water partition coefficient (Wildman–Crippen LogP) is 1.87. The van der Waals surface area contributed by atoms with Crippen molar-refractivity contribution in [3.05, 3.63) is 35.6 Å². The second kappa shape index (κ2) is 5.80. The van der Waals surface area contributed by atoms with Gasteiger partial charge in [-0.05, 0) is 17.7 Å². The number of rotatable bonds is 1. The number of hydrogen-bond acceptors (Lipinski definition) is 1. The molecule has 1 nitrogen and oxygen atoms in total. The van der Waals surface area contributed by atoms with E-state index < -0.39 is 0 Å². The van der Waals surface area contributed by atoms with Gasteiger partial charge in [-0.1, -0.05) is 12.1 Å². The lowest BCUT2D eigenvalue weighted by Gasteiger charge is -1.92. The average molecular weight is 159 g/mol. The van der Waals surface area contributed by atoms with Crippen molar-refractivity contribution in [3.8, 4) is 0 Å². The van der Waals surface area contributed by atoms with Crippen molar-refractivity contribution in [3.63, 3.8) is 0 Å². The molecule has 0 aliphatic rings. The van der Waals surface area contributed by atoms with E-state index >= 15 is 0 Å². The fourth-order valence-corrected chi connectivity index (χ4v) is 0.620. The van der Waals surface area contributed by atoms with E-state index in [9.17, 15) is 8.78 Å². The van der Waals surface area contributed by atoms with Crippen molar-refractivity contribution in [1.29, 1.82) is 0 Å². The topological polar surface area (TPSA) is 26.0 Å². The standard InChI is InChI=1S/C7H8FN.CH3F/c8-7-3-1-6(5-9)2-4-7;1-2/h1-4H,5,9H2;1H3. The van der Waals surface area contributed by atoms with Crippen LogP contribution in [0.15, 0.2) is 24.3 Å². The number of benzene rings is 1. The van der Waals surface area contributed by atoms with Gasteiger partial charge in [0.25, 0.3) is 0 Å². The summed E-state index contributed by atoms with van der Waals surface area (Å²) in [5, 5.41) is 0. The quantitative estimate of drug-likeness (QED) is 0.665. The summed E-state index contributed by atoms with van der Waals surface area (Å²) in [6.07, 6.45) is 0. The number of halogens is 2. The molecule has 0 fully saturated rings. The predicted molar refractivity (Wildman–Crippen MR) is 41.3 cm³/mol. The second-order valence-electron chi connectivity index (χ2n) is 1.83. The zero-order valence-electron chi connectivity index (χ0n) is 6.35. The van der Waals surface area contributed by atoms with Crippen molar-refractivity contribution in [2.75, 3.05) is 7.18 Å². The number of alkyl halides is 1. The van der Waals surface area contributed by atoms with Crippen molar-refractivity contribution in [2.24, 2.45) is 5.73 Å². The Hall–Kier alpha value is -0.960. The highest BCUT2D eigenvalue weighted by atomic mass is 19.1. The highest BCUT2D eigenvalue weighted by Gasteiger charge is 1.87. The third kappa shape index (κ3) is 3.68. The molecule has 0 bridgehead atoms. The van der Waals surface area contributed by atoms with E-state index in [1.165, 1.54) is 12.1 Å².